The van der Waals surface area contributed by atoms with Gasteiger partial charge in [0.15, 0.2) is 5.60 Å². The molecular formula is C6H10Na2O11P2+2. The van der Waals surface area contributed by atoms with Gasteiger partial charge in [0, 0.05) is 9.13 Å². The Balaban J connectivity index is -0.000000270. The quantitative estimate of drug-likeness (QED) is 0.248. The summed E-state index contributed by atoms with van der Waals surface area (Å²) in [5.41, 5.74) is -3.00. The molecule has 0 radical (unpaired) electrons. The topological polar surface area (TPSA) is 185 Å². The first-order chi connectivity index (χ1) is 8.56. The molecule has 15 heteroatoms. The van der Waals surface area contributed by atoms with Crippen LogP contribution >= 0.6 is 16.5 Å². The van der Waals surface area contributed by atoms with Gasteiger partial charge in [-0.05, 0) is 0 Å². The fourth-order valence-corrected chi connectivity index (χ4v) is 1.52. The van der Waals surface area contributed by atoms with Crippen LogP contribution in [-0.4, -0.2) is 43.5 Å². The number of carbonyl (C=O) groups excluding carboxylic acids is 2. The van der Waals surface area contributed by atoms with Crippen LogP contribution in [0, 0.1) is 0 Å². The van der Waals surface area contributed by atoms with Gasteiger partial charge in [-0.2, -0.15) is 9.05 Å². The van der Waals surface area contributed by atoms with E-state index in [0.29, 0.717) is 0 Å². The minimum atomic E-state index is -3.48. The summed E-state index contributed by atoms with van der Waals surface area (Å²) in [4.78, 5) is 49.2. The predicted octanol–water partition coefficient (Wildman–Crippen LogP) is -6.80. The molecule has 21 heavy (non-hydrogen) atoms. The molecular weight excluding hydrogens is 356 g/mol. The monoisotopic (exact) mass is 366 g/mol. The van der Waals surface area contributed by atoms with Crippen LogP contribution in [0.2, 0.25) is 0 Å². The van der Waals surface area contributed by atoms with Crippen LogP contribution in [0.15, 0.2) is 0 Å². The molecule has 11 nitrogen and oxygen atoms in total. The normalized spacial score (nSPS) is 13.5. The molecule has 0 aliphatic rings. The molecule has 0 rings (SSSR count). The standard InChI is InChI=1S/C6H6O11P2.2Na.2H/c7-3(8)1-6(11,5(10)17-19(14)15)2-4(9)16-18(12)13;;;;/h11H,1-2H2,(H-2,7,8,12,13,14,15);;;;/q;2*+1;2*-1/p+2. The average molecular weight is 366 g/mol. The molecule has 0 aliphatic carbocycles. The van der Waals surface area contributed by atoms with Gasteiger partial charge in [0.1, 0.15) is 0 Å². The second-order valence-electron chi connectivity index (χ2n) is 3.10. The number of hydrogen-bond donors (Lipinski definition) is 4. The molecule has 0 fully saturated rings. The molecule has 3 atom stereocenters. The van der Waals surface area contributed by atoms with Gasteiger partial charge in [-0.3, -0.25) is 4.79 Å². The van der Waals surface area contributed by atoms with E-state index in [9.17, 15) is 28.6 Å². The Kier molecular flexibility index (Phi) is 15.1. The van der Waals surface area contributed by atoms with Gasteiger partial charge >= 0.3 is 93.5 Å². The zero-order chi connectivity index (χ0) is 15.2. The van der Waals surface area contributed by atoms with E-state index in [2.05, 4.69) is 9.05 Å². The van der Waals surface area contributed by atoms with Crippen molar-refractivity contribution < 1.29 is 115 Å². The fourth-order valence-electron chi connectivity index (χ4n) is 0.971. The first-order valence-corrected chi connectivity index (χ1v) is 6.52. The van der Waals surface area contributed by atoms with E-state index in [-0.39, 0.29) is 62.0 Å². The van der Waals surface area contributed by atoms with Gasteiger partial charge in [-0.15, -0.1) is 9.79 Å². The van der Waals surface area contributed by atoms with Crippen molar-refractivity contribution in [2.24, 2.45) is 0 Å². The molecule has 110 valence electrons. The molecule has 0 aromatic heterocycles. The van der Waals surface area contributed by atoms with Crippen molar-refractivity contribution in [3.63, 3.8) is 0 Å². The van der Waals surface area contributed by atoms with Crippen LogP contribution in [0.5, 0.6) is 0 Å². The first-order valence-electron chi connectivity index (χ1n) is 4.26. The van der Waals surface area contributed by atoms with Crippen LogP contribution in [0.1, 0.15) is 15.7 Å². The molecule has 0 aromatic carbocycles. The molecule has 0 saturated carbocycles. The van der Waals surface area contributed by atoms with Gasteiger partial charge in [-0.1, -0.05) is 0 Å². The smallest absolute Gasteiger partial charge is 1.00 e. The molecule has 0 saturated heterocycles. The van der Waals surface area contributed by atoms with E-state index in [1.807, 2.05) is 0 Å². The summed E-state index contributed by atoms with van der Waals surface area (Å²) in [6, 6.07) is 0. The second kappa shape index (κ2) is 12.0. The molecule has 0 heterocycles. The van der Waals surface area contributed by atoms with Crippen molar-refractivity contribution in [3.05, 3.63) is 0 Å². The Morgan fingerprint density at radius 3 is 1.76 bits per heavy atom. The summed E-state index contributed by atoms with van der Waals surface area (Å²) < 4.78 is 27.8. The van der Waals surface area contributed by atoms with E-state index in [1.54, 1.807) is 0 Å². The van der Waals surface area contributed by atoms with Gasteiger partial charge in [0.2, 0.25) is 0 Å². The van der Waals surface area contributed by atoms with Gasteiger partial charge in [-0.25, -0.2) is 9.59 Å². The van der Waals surface area contributed by atoms with Crippen molar-refractivity contribution in [1.82, 2.24) is 0 Å². The Hall–Kier alpha value is 0.490. The van der Waals surface area contributed by atoms with E-state index >= 15 is 0 Å². The Bertz CT molecular complexity index is 450. The number of aliphatic hydroxyl groups is 1. The van der Waals surface area contributed by atoms with Gasteiger partial charge < -0.3 is 13.1 Å². The van der Waals surface area contributed by atoms with Crippen LogP contribution in [-0.2, 0) is 32.6 Å². The van der Waals surface area contributed by atoms with Crippen LogP contribution in [0.3, 0.4) is 0 Å². The second-order valence-corrected chi connectivity index (χ2v) is 4.41. The third-order valence-corrected chi connectivity index (χ3v) is 2.28. The number of carboxylic acid groups (broad SMARTS) is 1. The third kappa shape index (κ3) is 11.7. The van der Waals surface area contributed by atoms with Crippen molar-refractivity contribution >= 4 is 34.4 Å². The summed E-state index contributed by atoms with van der Waals surface area (Å²) in [6.45, 7) is 0. The number of aliphatic carboxylic acids is 1. The molecule has 0 amide bonds. The minimum absolute atomic E-state index is 0. The van der Waals surface area contributed by atoms with Crippen molar-refractivity contribution in [2.45, 2.75) is 18.4 Å². The first kappa shape index (κ1) is 26.4. The van der Waals surface area contributed by atoms with E-state index in [0.717, 1.165) is 0 Å². The molecule has 0 bridgehead atoms. The van der Waals surface area contributed by atoms with Crippen LogP contribution in [0.4, 0.5) is 0 Å². The van der Waals surface area contributed by atoms with E-state index in [4.69, 9.17) is 14.9 Å². The SMILES string of the molecule is O=C(O)CC(O)(CC(=O)O[P+](=O)O)C(=O)O[P+](=O)O.[H-].[H-].[Na+].[Na+]. The van der Waals surface area contributed by atoms with Crippen molar-refractivity contribution in [2.75, 3.05) is 0 Å². The van der Waals surface area contributed by atoms with Crippen molar-refractivity contribution in [3.8, 4) is 0 Å². The van der Waals surface area contributed by atoms with Crippen LogP contribution in [0.25, 0.3) is 0 Å². The Morgan fingerprint density at radius 1 is 1.00 bits per heavy atom. The van der Waals surface area contributed by atoms with E-state index in [1.165, 1.54) is 0 Å². The Labute approximate surface area is 166 Å². The summed E-state index contributed by atoms with van der Waals surface area (Å²) in [5.74, 6) is -5.16. The van der Waals surface area contributed by atoms with E-state index < -0.39 is 52.9 Å². The molecule has 0 aromatic rings. The maximum Gasteiger partial charge on any atom is 1.00 e. The largest absolute Gasteiger partial charge is 1.00 e. The number of rotatable bonds is 7. The van der Waals surface area contributed by atoms with Crippen LogP contribution < -0.4 is 59.1 Å². The number of hydrogen-bond acceptors (Lipinski definition) is 8. The van der Waals surface area contributed by atoms with Gasteiger partial charge in [0.25, 0.3) is 0 Å². The maximum absolute atomic E-state index is 11.2. The Morgan fingerprint density at radius 2 is 1.43 bits per heavy atom. The average Bonchev–Trinajstić information content (AvgIpc) is 2.12. The zero-order valence-corrected chi connectivity index (χ0v) is 16.7. The fraction of sp³-hybridized carbons (Fsp3) is 0.500. The minimum Gasteiger partial charge on any atom is -1.00 e. The summed E-state index contributed by atoms with van der Waals surface area (Å²) >= 11 is 0. The number of carboxylic acids is 1. The molecule has 0 aliphatic heterocycles. The van der Waals surface area contributed by atoms with Crippen molar-refractivity contribution in [1.29, 1.82) is 0 Å². The van der Waals surface area contributed by atoms with Gasteiger partial charge in [0.05, 0.1) is 12.8 Å². The molecule has 4 N–H and O–H groups in total. The maximum atomic E-state index is 11.2. The number of carbonyl (C=O) groups is 3. The molecule has 0 spiro atoms. The summed E-state index contributed by atoms with van der Waals surface area (Å²) in [5, 5.41) is 18.1. The molecule has 3 unspecified atom stereocenters. The zero-order valence-electron chi connectivity index (χ0n) is 13.0. The summed E-state index contributed by atoms with van der Waals surface area (Å²) in [6.07, 6.45) is -2.69. The third-order valence-electron chi connectivity index (χ3n) is 1.60. The summed E-state index contributed by atoms with van der Waals surface area (Å²) in [7, 11) is -6.85. The predicted molar refractivity (Wildman–Crippen MR) is 55.9 cm³/mol.